The fourth-order valence-corrected chi connectivity index (χ4v) is 2.96. The van der Waals surface area contributed by atoms with Crippen molar-refractivity contribution in [2.45, 2.75) is 39.2 Å². The number of carbonyl (C=O) groups excluding carboxylic acids is 2. The van der Waals surface area contributed by atoms with Crippen molar-refractivity contribution in [3.63, 3.8) is 0 Å². The van der Waals surface area contributed by atoms with Crippen molar-refractivity contribution in [1.29, 1.82) is 0 Å². The predicted molar refractivity (Wildman–Crippen MR) is 91.4 cm³/mol. The van der Waals surface area contributed by atoms with Gasteiger partial charge in [0.25, 0.3) is 5.91 Å². The van der Waals surface area contributed by atoms with Crippen molar-refractivity contribution in [2.24, 2.45) is 0 Å². The molecule has 0 aliphatic carbocycles. The third kappa shape index (κ3) is 4.77. The summed E-state index contributed by atoms with van der Waals surface area (Å²) < 4.78 is 5.56. The molecule has 6 nitrogen and oxygen atoms in total. The first-order valence-corrected chi connectivity index (χ1v) is 8.54. The second kappa shape index (κ2) is 8.24. The van der Waals surface area contributed by atoms with Crippen molar-refractivity contribution in [3.05, 3.63) is 30.1 Å². The van der Waals surface area contributed by atoms with Crippen LogP contribution in [0.4, 0.5) is 0 Å². The van der Waals surface area contributed by atoms with Gasteiger partial charge in [-0.15, -0.1) is 0 Å². The summed E-state index contributed by atoms with van der Waals surface area (Å²) in [5.74, 6) is 0.0762. The van der Waals surface area contributed by atoms with Crippen LogP contribution in [-0.4, -0.2) is 65.0 Å². The van der Waals surface area contributed by atoms with Gasteiger partial charge in [0.15, 0.2) is 0 Å². The Kier molecular flexibility index (Phi) is 6.31. The molecule has 2 rings (SSSR count). The van der Waals surface area contributed by atoms with Crippen LogP contribution < -0.4 is 0 Å². The van der Waals surface area contributed by atoms with Crippen LogP contribution in [0.3, 0.4) is 0 Å². The van der Waals surface area contributed by atoms with E-state index in [-0.39, 0.29) is 11.8 Å². The van der Waals surface area contributed by atoms with E-state index in [0.717, 1.165) is 12.0 Å². The highest BCUT2D eigenvalue weighted by Crippen LogP contribution is 2.16. The number of hydrogen-bond acceptors (Lipinski definition) is 4. The summed E-state index contributed by atoms with van der Waals surface area (Å²) in [6.45, 7) is 8.44. The zero-order chi connectivity index (χ0) is 17.6. The molecule has 0 unspecified atom stereocenters. The first kappa shape index (κ1) is 18.4. The normalized spacial score (nSPS) is 16.0. The topological polar surface area (TPSA) is 62.7 Å². The van der Waals surface area contributed by atoms with Crippen LogP contribution in [0.15, 0.2) is 24.5 Å². The maximum absolute atomic E-state index is 12.6. The summed E-state index contributed by atoms with van der Waals surface area (Å²) in [6, 6.07) is 3.74. The van der Waals surface area contributed by atoms with Crippen LogP contribution in [0, 0.1) is 0 Å². The van der Waals surface area contributed by atoms with Crippen molar-refractivity contribution in [3.8, 4) is 0 Å². The van der Waals surface area contributed by atoms with Gasteiger partial charge in [0.1, 0.15) is 5.60 Å². The van der Waals surface area contributed by atoms with Crippen molar-refractivity contribution >= 4 is 11.8 Å². The van der Waals surface area contributed by atoms with Gasteiger partial charge in [0.05, 0.1) is 6.42 Å². The Morgan fingerprint density at radius 3 is 2.58 bits per heavy atom. The average molecular weight is 333 g/mol. The van der Waals surface area contributed by atoms with E-state index in [4.69, 9.17) is 4.74 Å². The molecule has 2 heterocycles. The molecule has 1 aromatic rings. The molecular formula is C18H27N3O3. The summed E-state index contributed by atoms with van der Waals surface area (Å²) in [6.07, 6.45) is 4.55. The fraction of sp³-hybridized carbons (Fsp3) is 0.611. The number of pyridine rings is 1. The van der Waals surface area contributed by atoms with Gasteiger partial charge in [-0.05, 0) is 38.8 Å². The van der Waals surface area contributed by atoms with Crippen LogP contribution in [-0.2, 0) is 20.7 Å². The fourth-order valence-electron chi connectivity index (χ4n) is 2.96. The minimum atomic E-state index is -0.816. The van der Waals surface area contributed by atoms with E-state index in [2.05, 4.69) is 4.98 Å². The lowest BCUT2D eigenvalue weighted by Gasteiger charge is -2.31. The van der Waals surface area contributed by atoms with Crippen LogP contribution in [0.2, 0.25) is 0 Å². The highest BCUT2D eigenvalue weighted by Gasteiger charge is 2.33. The van der Waals surface area contributed by atoms with Crippen LogP contribution in [0.1, 0.15) is 32.8 Å². The molecular weight excluding hydrogens is 306 g/mol. The van der Waals surface area contributed by atoms with E-state index < -0.39 is 5.60 Å². The molecule has 1 fully saturated rings. The van der Waals surface area contributed by atoms with Gasteiger partial charge in [-0.2, -0.15) is 0 Å². The SMILES string of the molecule is CCOC(C)(C)C(=O)N1CCCN(C(=O)Cc2cccnc2)CC1. The number of hydrogen-bond donors (Lipinski definition) is 0. The minimum Gasteiger partial charge on any atom is -0.366 e. The summed E-state index contributed by atoms with van der Waals surface area (Å²) in [5.41, 5.74) is 0.0982. The molecule has 24 heavy (non-hydrogen) atoms. The van der Waals surface area contributed by atoms with Crippen molar-refractivity contribution in [2.75, 3.05) is 32.8 Å². The number of rotatable bonds is 5. The van der Waals surface area contributed by atoms with E-state index in [0.29, 0.717) is 39.2 Å². The molecule has 0 spiro atoms. The van der Waals surface area contributed by atoms with Crippen LogP contribution >= 0.6 is 0 Å². The number of amides is 2. The van der Waals surface area contributed by atoms with E-state index in [1.165, 1.54) is 0 Å². The van der Waals surface area contributed by atoms with Crippen molar-refractivity contribution in [1.82, 2.24) is 14.8 Å². The molecule has 1 aromatic heterocycles. The zero-order valence-electron chi connectivity index (χ0n) is 14.8. The zero-order valence-corrected chi connectivity index (χ0v) is 14.8. The maximum atomic E-state index is 12.6. The van der Waals surface area contributed by atoms with E-state index in [1.807, 2.05) is 28.9 Å². The monoisotopic (exact) mass is 333 g/mol. The van der Waals surface area contributed by atoms with E-state index in [1.54, 1.807) is 26.2 Å². The smallest absolute Gasteiger partial charge is 0.254 e. The number of carbonyl (C=O) groups is 2. The van der Waals surface area contributed by atoms with Gasteiger partial charge in [0.2, 0.25) is 5.91 Å². The molecule has 0 aromatic carbocycles. The molecule has 0 atom stereocenters. The second-order valence-corrected chi connectivity index (χ2v) is 6.51. The maximum Gasteiger partial charge on any atom is 0.254 e. The first-order valence-electron chi connectivity index (χ1n) is 8.54. The average Bonchev–Trinajstić information content (AvgIpc) is 2.81. The third-order valence-corrected chi connectivity index (χ3v) is 4.23. The summed E-state index contributed by atoms with van der Waals surface area (Å²) in [5, 5.41) is 0. The molecule has 1 aliphatic heterocycles. The van der Waals surface area contributed by atoms with Gasteiger partial charge >= 0.3 is 0 Å². The standard InChI is InChI=1S/C18H27N3O3/c1-4-24-18(2,3)17(23)21-10-6-9-20(11-12-21)16(22)13-15-7-5-8-19-14-15/h5,7-8,14H,4,6,9-13H2,1-3H3. The lowest BCUT2D eigenvalue weighted by atomic mass is 10.1. The Hall–Kier alpha value is -1.95. The van der Waals surface area contributed by atoms with Gasteiger partial charge in [-0.1, -0.05) is 6.07 Å². The van der Waals surface area contributed by atoms with Gasteiger partial charge in [0, 0.05) is 45.2 Å². The number of nitrogens with zero attached hydrogens (tertiary/aromatic N) is 3. The molecule has 1 aliphatic rings. The molecule has 0 radical (unpaired) electrons. The number of ether oxygens (including phenoxy) is 1. The molecule has 0 bridgehead atoms. The first-order chi connectivity index (χ1) is 11.4. The van der Waals surface area contributed by atoms with Gasteiger partial charge in [-0.3, -0.25) is 14.6 Å². The molecule has 1 saturated heterocycles. The summed E-state index contributed by atoms with van der Waals surface area (Å²) >= 11 is 0. The Morgan fingerprint density at radius 1 is 1.21 bits per heavy atom. The van der Waals surface area contributed by atoms with Gasteiger partial charge < -0.3 is 14.5 Å². The Morgan fingerprint density at radius 2 is 1.92 bits per heavy atom. The predicted octanol–water partition coefficient (Wildman–Crippen LogP) is 1.50. The third-order valence-electron chi connectivity index (χ3n) is 4.23. The quantitative estimate of drug-likeness (QED) is 0.819. The molecule has 2 amide bonds. The molecule has 0 N–H and O–H groups in total. The van der Waals surface area contributed by atoms with Crippen LogP contribution in [0.5, 0.6) is 0 Å². The Balaban J connectivity index is 1.92. The molecule has 132 valence electrons. The second-order valence-electron chi connectivity index (χ2n) is 6.51. The highest BCUT2D eigenvalue weighted by atomic mass is 16.5. The number of aromatic nitrogens is 1. The molecule has 6 heteroatoms. The summed E-state index contributed by atoms with van der Waals surface area (Å²) in [4.78, 5) is 32.8. The minimum absolute atomic E-state index is 0.00842. The van der Waals surface area contributed by atoms with E-state index >= 15 is 0 Å². The summed E-state index contributed by atoms with van der Waals surface area (Å²) in [7, 11) is 0. The molecule has 0 saturated carbocycles. The highest BCUT2D eigenvalue weighted by molar-refractivity contribution is 5.84. The lowest BCUT2D eigenvalue weighted by molar-refractivity contribution is -0.153. The van der Waals surface area contributed by atoms with Crippen molar-refractivity contribution < 1.29 is 14.3 Å². The Bertz CT molecular complexity index is 560. The van der Waals surface area contributed by atoms with E-state index in [9.17, 15) is 9.59 Å². The van der Waals surface area contributed by atoms with Gasteiger partial charge in [-0.25, -0.2) is 0 Å². The lowest BCUT2D eigenvalue weighted by Crippen LogP contribution is -2.48. The largest absolute Gasteiger partial charge is 0.366 e. The van der Waals surface area contributed by atoms with Crippen LogP contribution in [0.25, 0.3) is 0 Å². The Labute approximate surface area is 143 Å².